The van der Waals surface area contributed by atoms with Crippen LogP contribution in [0.4, 0.5) is 5.69 Å². The van der Waals surface area contributed by atoms with Gasteiger partial charge in [-0.25, -0.2) is 0 Å². The monoisotopic (exact) mass is 259 g/mol. The normalized spacial score (nSPS) is 26.2. The van der Waals surface area contributed by atoms with Crippen molar-refractivity contribution < 1.29 is 4.79 Å². The van der Waals surface area contributed by atoms with Gasteiger partial charge < -0.3 is 10.6 Å². The van der Waals surface area contributed by atoms with Crippen molar-refractivity contribution in [2.24, 2.45) is 0 Å². The molecule has 4 heteroatoms. The highest BCUT2D eigenvalue weighted by atomic mass is 16.1. The van der Waals surface area contributed by atoms with Gasteiger partial charge in [-0.2, -0.15) is 0 Å². The molecule has 102 valence electrons. The second-order valence-electron chi connectivity index (χ2n) is 5.44. The number of rotatable bonds is 3. The third kappa shape index (κ3) is 2.45. The molecule has 0 radical (unpaired) electrons. The predicted octanol–water partition coefficient (Wildman–Crippen LogP) is 1.69. The van der Waals surface area contributed by atoms with Gasteiger partial charge in [0.25, 0.3) is 5.91 Å². The van der Waals surface area contributed by atoms with Gasteiger partial charge >= 0.3 is 0 Å². The number of amides is 1. The summed E-state index contributed by atoms with van der Waals surface area (Å²) in [7, 11) is 1.65. The Labute approximate surface area is 114 Å². The molecule has 2 heterocycles. The highest BCUT2D eigenvalue weighted by molar-refractivity contribution is 5.94. The van der Waals surface area contributed by atoms with Crippen LogP contribution >= 0.6 is 0 Å². The van der Waals surface area contributed by atoms with Crippen LogP contribution in [0.3, 0.4) is 0 Å². The van der Waals surface area contributed by atoms with Gasteiger partial charge in [-0.1, -0.05) is 0 Å². The Kier molecular flexibility index (Phi) is 3.42. The molecule has 2 atom stereocenters. The molecule has 19 heavy (non-hydrogen) atoms. The van der Waals surface area contributed by atoms with E-state index in [1.54, 1.807) is 7.05 Å². The van der Waals surface area contributed by atoms with Crippen molar-refractivity contribution in [3.8, 4) is 0 Å². The molecule has 0 aromatic heterocycles. The van der Waals surface area contributed by atoms with E-state index in [0.717, 1.165) is 5.69 Å². The average Bonchev–Trinajstić information content (AvgIpc) is 3.04. The summed E-state index contributed by atoms with van der Waals surface area (Å²) in [6.07, 6.45) is 3.87. The van der Waals surface area contributed by atoms with Crippen molar-refractivity contribution in [3.05, 3.63) is 29.8 Å². The molecule has 1 aromatic rings. The number of carbonyl (C=O) groups is 1. The summed E-state index contributed by atoms with van der Waals surface area (Å²) in [6.45, 7) is 2.48. The molecule has 0 aliphatic carbocycles. The third-order valence-electron chi connectivity index (χ3n) is 4.33. The average molecular weight is 259 g/mol. The van der Waals surface area contributed by atoms with Crippen molar-refractivity contribution in [3.63, 3.8) is 0 Å². The topological polar surface area (TPSA) is 44.4 Å². The maximum Gasteiger partial charge on any atom is 0.251 e. The lowest BCUT2D eigenvalue weighted by Crippen LogP contribution is -2.33. The van der Waals surface area contributed by atoms with E-state index in [-0.39, 0.29) is 5.91 Å². The smallest absolute Gasteiger partial charge is 0.251 e. The van der Waals surface area contributed by atoms with Crippen LogP contribution in [0.2, 0.25) is 0 Å². The van der Waals surface area contributed by atoms with Crippen LogP contribution in [0.15, 0.2) is 24.3 Å². The minimum absolute atomic E-state index is 0.0330. The Morgan fingerprint density at radius 2 is 2.00 bits per heavy atom. The van der Waals surface area contributed by atoms with Gasteiger partial charge in [0.1, 0.15) is 0 Å². The number of nitrogens with one attached hydrogen (secondary N) is 2. The molecule has 0 bridgehead atoms. The number of hydrogen-bond donors (Lipinski definition) is 2. The molecule has 2 aliphatic rings. The van der Waals surface area contributed by atoms with E-state index >= 15 is 0 Å². The first kappa shape index (κ1) is 12.5. The third-order valence-corrected chi connectivity index (χ3v) is 4.33. The van der Waals surface area contributed by atoms with Crippen molar-refractivity contribution in [2.45, 2.75) is 31.3 Å². The first-order chi connectivity index (χ1) is 9.28. The summed E-state index contributed by atoms with van der Waals surface area (Å²) in [5.74, 6) is -0.0330. The van der Waals surface area contributed by atoms with E-state index < -0.39 is 0 Å². The van der Waals surface area contributed by atoms with Gasteiger partial charge in [0, 0.05) is 36.9 Å². The highest BCUT2D eigenvalue weighted by Crippen LogP contribution is 2.30. The van der Waals surface area contributed by atoms with Crippen LogP contribution in [0.1, 0.15) is 29.6 Å². The summed E-state index contributed by atoms with van der Waals surface area (Å²) >= 11 is 0. The van der Waals surface area contributed by atoms with E-state index in [2.05, 4.69) is 15.5 Å². The minimum Gasteiger partial charge on any atom is -0.381 e. The molecule has 2 fully saturated rings. The Morgan fingerprint density at radius 1 is 1.21 bits per heavy atom. The number of hydrogen-bond acceptors (Lipinski definition) is 3. The van der Waals surface area contributed by atoms with Crippen LogP contribution in [-0.2, 0) is 0 Å². The van der Waals surface area contributed by atoms with E-state index in [1.807, 2.05) is 24.3 Å². The van der Waals surface area contributed by atoms with Gasteiger partial charge in [-0.05, 0) is 50.1 Å². The molecule has 3 rings (SSSR count). The van der Waals surface area contributed by atoms with Crippen molar-refractivity contribution in [2.75, 3.05) is 25.5 Å². The quantitative estimate of drug-likeness (QED) is 0.868. The van der Waals surface area contributed by atoms with E-state index in [1.165, 1.54) is 32.4 Å². The lowest BCUT2D eigenvalue weighted by molar-refractivity contribution is 0.0963. The molecule has 2 N–H and O–H groups in total. The molecular weight excluding hydrogens is 238 g/mol. The first-order valence-electron chi connectivity index (χ1n) is 7.10. The first-order valence-corrected chi connectivity index (χ1v) is 7.10. The number of benzene rings is 1. The lowest BCUT2D eigenvalue weighted by Gasteiger charge is -2.22. The Morgan fingerprint density at radius 3 is 2.74 bits per heavy atom. The molecule has 0 saturated carbocycles. The zero-order chi connectivity index (χ0) is 13.2. The SMILES string of the molecule is CNC(=O)c1ccc(NC2CCN3CCCC23)cc1. The summed E-state index contributed by atoms with van der Waals surface area (Å²) in [6, 6.07) is 9.03. The molecule has 0 spiro atoms. The maximum atomic E-state index is 11.5. The van der Waals surface area contributed by atoms with Crippen LogP contribution in [0.25, 0.3) is 0 Å². The molecule has 4 nitrogen and oxygen atoms in total. The highest BCUT2D eigenvalue weighted by Gasteiger charge is 2.36. The summed E-state index contributed by atoms with van der Waals surface area (Å²) < 4.78 is 0. The largest absolute Gasteiger partial charge is 0.381 e. The fourth-order valence-corrected chi connectivity index (χ4v) is 3.33. The number of fused-ring (bicyclic) bond motifs is 1. The molecule has 1 aromatic carbocycles. The fourth-order valence-electron chi connectivity index (χ4n) is 3.33. The van der Waals surface area contributed by atoms with E-state index in [9.17, 15) is 4.79 Å². The van der Waals surface area contributed by atoms with Crippen LogP contribution in [0, 0.1) is 0 Å². The van der Waals surface area contributed by atoms with E-state index in [0.29, 0.717) is 17.6 Å². The van der Waals surface area contributed by atoms with Crippen LogP contribution < -0.4 is 10.6 Å². The lowest BCUT2D eigenvalue weighted by atomic mass is 10.1. The number of carbonyl (C=O) groups excluding carboxylic acids is 1. The van der Waals surface area contributed by atoms with Gasteiger partial charge in [-0.15, -0.1) is 0 Å². The minimum atomic E-state index is -0.0330. The van der Waals surface area contributed by atoms with Crippen LogP contribution in [-0.4, -0.2) is 43.0 Å². The zero-order valence-corrected chi connectivity index (χ0v) is 11.4. The second-order valence-corrected chi connectivity index (χ2v) is 5.44. The number of nitrogens with zero attached hydrogens (tertiary/aromatic N) is 1. The van der Waals surface area contributed by atoms with Gasteiger partial charge in [0.2, 0.25) is 0 Å². The summed E-state index contributed by atoms with van der Waals surface area (Å²) in [5, 5.41) is 6.26. The molecular formula is C15H21N3O. The summed E-state index contributed by atoms with van der Waals surface area (Å²) in [4.78, 5) is 14.1. The van der Waals surface area contributed by atoms with Crippen LogP contribution in [0.5, 0.6) is 0 Å². The zero-order valence-electron chi connectivity index (χ0n) is 11.4. The molecule has 2 unspecified atom stereocenters. The Balaban J connectivity index is 1.65. The molecule has 2 saturated heterocycles. The predicted molar refractivity (Wildman–Crippen MR) is 76.5 cm³/mol. The van der Waals surface area contributed by atoms with Crippen molar-refractivity contribution in [1.82, 2.24) is 10.2 Å². The Hall–Kier alpha value is -1.55. The van der Waals surface area contributed by atoms with Gasteiger partial charge in [0.05, 0.1) is 0 Å². The van der Waals surface area contributed by atoms with Crippen molar-refractivity contribution in [1.29, 1.82) is 0 Å². The standard InChI is InChI=1S/C15H21N3O/c1-16-15(19)11-4-6-12(7-5-11)17-13-8-10-18-9-2-3-14(13)18/h4-7,13-14,17H,2-3,8-10H2,1H3,(H,16,19). The van der Waals surface area contributed by atoms with Crippen molar-refractivity contribution >= 4 is 11.6 Å². The molecule has 1 amide bonds. The van der Waals surface area contributed by atoms with Gasteiger partial charge in [-0.3, -0.25) is 9.69 Å². The second kappa shape index (κ2) is 5.21. The fraction of sp³-hybridized carbons (Fsp3) is 0.533. The number of anilines is 1. The Bertz CT molecular complexity index is 457. The summed E-state index contributed by atoms with van der Waals surface area (Å²) in [5.41, 5.74) is 1.83. The van der Waals surface area contributed by atoms with E-state index in [4.69, 9.17) is 0 Å². The van der Waals surface area contributed by atoms with Gasteiger partial charge in [0.15, 0.2) is 0 Å². The molecule has 2 aliphatic heterocycles. The maximum absolute atomic E-state index is 11.5.